The van der Waals surface area contributed by atoms with E-state index in [4.69, 9.17) is 10.5 Å². The third-order valence-electron chi connectivity index (χ3n) is 3.56. The molecule has 120 valence electrons. The molecule has 1 fully saturated rings. The summed E-state index contributed by atoms with van der Waals surface area (Å²) < 4.78 is 18.6. The lowest BCUT2D eigenvalue weighted by molar-refractivity contribution is 0.0916. The Bertz CT molecular complexity index is 587. The van der Waals surface area contributed by atoms with Crippen LogP contribution < -0.4 is 15.8 Å². The minimum atomic E-state index is -0.572. The molecule has 1 saturated carbocycles. The van der Waals surface area contributed by atoms with Crippen LogP contribution >= 0.6 is 0 Å². The van der Waals surface area contributed by atoms with Gasteiger partial charge in [0.1, 0.15) is 12.4 Å². The van der Waals surface area contributed by atoms with Gasteiger partial charge in [-0.2, -0.15) is 0 Å². The van der Waals surface area contributed by atoms with E-state index in [0.717, 1.165) is 12.8 Å². The summed E-state index contributed by atoms with van der Waals surface area (Å²) in [5, 5.41) is 2.89. The van der Waals surface area contributed by atoms with Gasteiger partial charge in [-0.3, -0.25) is 4.79 Å². The number of carbonyl (C=O) groups is 1. The van der Waals surface area contributed by atoms with Gasteiger partial charge in [-0.15, -0.1) is 0 Å². The molecule has 0 saturated heterocycles. The molecule has 3 N–H and O–H groups in total. The van der Waals surface area contributed by atoms with Gasteiger partial charge < -0.3 is 15.8 Å². The summed E-state index contributed by atoms with van der Waals surface area (Å²) in [7, 11) is 0. The summed E-state index contributed by atoms with van der Waals surface area (Å²) in [6, 6.07) is 6.92. The van der Waals surface area contributed by atoms with Crippen LogP contribution in [0.15, 0.2) is 36.2 Å². The molecule has 0 atom stereocenters. The predicted molar refractivity (Wildman–Crippen MR) is 84.5 cm³/mol. The molecule has 0 spiro atoms. The van der Waals surface area contributed by atoms with Crippen molar-refractivity contribution in [3.8, 4) is 5.75 Å². The number of hydrogen-bond donors (Lipinski definition) is 2. The summed E-state index contributed by atoms with van der Waals surface area (Å²) in [5.74, 6) is 0.204. The maximum atomic E-state index is 13.0. The molecular weight excluding hydrogens is 283 g/mol. The van der Waals surface area contributed by atoms with Gasteiger partial charge >= 0.3 is 0 Å². The molecule has 0 radical (unpaired) electrons. The number of ether oxygens (including phenoxy) is 1. The van der Waals surface area contributed by atoms with Crippen LogP contribution in [0.3, 0.4) is 0 Å². The van der Waals surface area contributed by atoms with Crippen LogP contribution in [0.2, 0.25) is 0 Å². The van der Waals surface area contributed by atoms with E-state index in [1.54, 1.807) is 24.3 Å². The fourth-order valence-corrected chi connectivity index (χ4v) is 2.08. The molecule has 4 nitrogen and oxygen atoms in total. The topological polar surface area (TPSA) is 64.3 Å². The predicted octanol–water partition coefficient (Wildman–Crippen LogP) is 2.94. The molecule has 0 unspecified atom stereocenters. The standard InChI is InChI=1S/C17H23FN2O2/c1-16(2,3)20-15(21)13-6-4-5-7-14(13)22-11-12(10-18)17(19)8-9-17/h4-7,10H,8-9,11,19H2,1-3H3,(H,20,21)/b12-10-. The first kappa shape index (κ1) is 16.5. The molecular formula is C17H23FN2O2. The van der Waals surface area contributed by atoms with Crippen LogP contribution in [-0.2, 0) is 0 Å². The van der Waals surface area contributed by atoms with Crippen molar-refractivity contribution in [1.29, 1.82) is 0 Å². The Hall–Kier alpha value is -1.88. The number of nitrogens with two attached hydrogens (primary N) is 1. The summed E-state index contributed by atoms with van der Waals surface area (Å²) in [4.78, 5) is 12.3. The Kier molecular flexibility index (Phi) is 4.56. The van der Waals surface area contributed by atoms with Crippen molar-refractivity contribution in [3.05, 3.63) is 41.7 Å². The second-order valence-electron chi connectivity index (χ2n) is 6.78. The van der Waals surface area contributed by atoms with Gasteiger partial charge in [0.2, 0.25) is 0 Å². The first-order valence-electron chi connectivity index (χ1n) is 7.38. The summed E-state index contributed by atoms with van der Waals surface area (Å²) in [6.07, 6.45) is 2.04. The first-order chi connectivity index (χ1) is 10.2. The highest BCUT2D eigenvalue weighted by atomic mass is 19.1. The minimum absolute atomic E-state index is 0.0484. The van der Waals surface area contributed by atoms with Gasteiger partial charge in [0.25, 0.3) is 5.91 Å². The van der Waals surface area contributed by atoms with Crippen LogP contribution in [0.1, 0.15) is 44.0 Å². The number of benzene rings is 1. The van der Waals surface area contributed by atoms with E-state index in [-0.39, 0.29) is 18.1 Å². The lowest BCUT2D eigenvalue weighted by atomic mass is 10.1. The summed E-state index contributed by atoms with van der Waals surface area (Å²) >= 11 is 0. The fourth-order valence-electron chi connectivity index (χ4n) is 2.08. The van der Waals surface area contributed by atoms with Crippen molar-refractivity contribution in [2.75, 3.05) is 6.61 Å². The van der Waals surface area contributed by atoms with Gasteiger partial charge in [0.05, 0.1) is 11.9 Å². The normalized spacial score (nSPS) is 17.0. The van der Waals surface area contributed by atoms with Gasteiger partial charge in [0, 0.05) is 16.7 Å². The molecule has 0 bridgehead atoms. The van der Waals surface area contributed by atoms with Crippen molar-refractivity contribution in [2.24, 2.45) is 5.73 Å². The average molecular weight is 306 g/mol. The quantitative estimate of drug-likeness (QED) is 0.879. The third kappa shape index (κ3) is 4.07. The lowest BCUT2D eigenvalue weighted by Crippen LogP contribution is -2.40. The molecule has 1 aromatic rings. The Morgan fingerprint density at radius 3 is 2.59 bits per heavy atom. The molecule has 0 aliphatic heterocycles. The van der Waals surface area contributed by atoms with Gasteiger partial charge in [-0.25, -0.2) is 4.39 Å². The van der Waals surface area contributed by atoms with Crippen LogP contribution in [0.25, 0.3) is 0 Å². The van der Waals surface area contributed by atoms with Crippen molar-refractivity contribution in [2.45, 2.75) is 44.7 Å². The number of nitrogens with one attached hydrogen (secondary N) is 1. The van der Waals surface area contributed by atoms with Crippen LogP contribution in [-0.4, -0.2) is 23.6 Å². The zero-order chi connectivity index (χ0) is 16.4. The molecule has 1 aromatic carbocycles. The van der Waals surface area contributed by atoms with E-state index < -0.39 is 5.54 Å². The molecule has 0 heterocycles. The maximum Gasteiger partial charge on any atom is 0.255 e. The van der Waals surface area contributed by atoms with Gasteiger partial charge in [0.15, 0.2) is 0 Å². The zero-order valence-corrected chi connectivity index (χ0v) is 13.3. The van der Waals surface area contributed by atoms with Crippen LogP contribution in [0.4, 0.5) is 4.39 Å². The Morgan fingerprint density at radius 2 is 2.05 bits per heavy atom. The maximum absolute atomic E-state index is 13.0. The van der Waals surface area contributed by atoms with Gasteiger partial charge in [-0.05, 0) is 45.7 Å². The van der Waals surface area contributed by atoms with E-state index in [2.05, 4.69) is 5.32 Å². The van der Waals surface area contributed by atoms with E-state index in [1.165, 1.54) is 0 Å². The number of halogens is 1. The molecule has 0 aromatic heterocycles. The largest absolute Gasteiger partial charge is 0.488 e. The van der Waals surface area contributed by atoms with Crippen molar-refractivity contribution < 1.29 is 13.9 Å². The SMILES string of the molecule is CC(C)(C)NC(=O)c1ccccc1OC/C(=C/F)C1(N)CC1. The monoisotopic (exact) mass is 306 g/mol. The number of rotatable bonds is 5. The van der Waals surface area contributed by atoms with Crippen molar-refractivity contribution in [3.63, 3.8) is 0 Å². The highest BCUT2D eigenvalue weighted by Gasteiger charge is 2.42. The average Bonchev–Trinajstić information content (AvgIpc) is 3.16. The highest BCUT2D eigenvalue weighted by molar-refractivity contribution is 5.97. The number of hydrogen-bond acceptors (Lipinski definition) is 3. The third-order valence-corrected chi connectivity index (χ3v) is 3.56. The van der Waals surface area contributed by atoms with E-state index >= 15 is 0 Å². The fraction of sp³-hybridized carbons (Fsp3) is 0.471. The van der Waals surface area contributed by atoms with Crippen molar-refractivity contribution in [1.82, 2.24) is 5.32 Å². The van der Waals surface area contributed by atoms with E-state index in [9.17, 15) is 9.18 Å². The van der Waals surface area contributed by atoms with E-state index in [1.807, 2.05) is 20.8 Å². The van der Waals surface area contributed by atoms with Crippen LogP contribution in [0.5, 0.6) is 5.75 Å². The Morgan fingerprint density at radius 1 is 1.41 bits per heavy atom. The molecule has 1 aliphatic carbocycles. The summed E-state index contributed by atoms with van der Waals surface area (Å²) in [5.41, 5.74) is 5.92. The number of carbonyl (C=O) groups excluding carboxylic acids is 1. The van der Waals surface area contributed by atoms with Gasteiger partial charge in [-0.1, -0.05) is 12.1 Å². The smallest absolute Gasteiger partial charge is 0.255 e. The second-order valence-corrected chi connectivity index (χ2v) is 6.78. The Labute approximate surface area is 130 Å². The molecule has 1 amide bonds. The number of para-hydroxylation sites is 1. The Balaban J connectivity index is 2.10. The molecule has 22 heavy (non-hydrogen) atoms. The summed E-state index contributed by atoms with van der Waals surface area (Å²) in [6.45, 7) is 5.77. The zero-order valence-electron chi connectivity index (χ0n) is 13.3. The van der Waals surface area contributed by atoms with Crippen LogP contribution in [0, 0.1) is 0 Å². The molecule has 1 aliphatic rings. The highest BCUT2D eigenvalue weighted by Crippen LogP contribution is 2.39. The second kappa shape index (κ2) is 6.08. The first-order valence-corrected chi connectivity index (χ1v) is 7.38. The van der Waals surface area contributed by atoms with E-state index in [0.29, 0.717) is 23.2 Å². The molecule has 5 heteroatoms. The molecule has 2 rings (SSSR count). The van der Waals surface area contributed by atoms with Crippen molar-refractivity contribution >= 4 is 5.91 Å². The lowest BCUT2D eigenvalue weighted by Gasteiger charge is -2.22. The minimum Gasteiger partial charge on any atom is -0.488 e. The number of amides is 1.